The monoisotopic (exact) mass is 328 g/mol. The lowest BCUT2D eigenvalue weighted by molar-refractivity contribution is 0.496. The number of aryl methyl sites for hydroxylation is 3. The third kappa shape index (κ3) is 3.21. The van der Waals surface area contributed by atoms with E-state index in [0.29, 0.717) is 9.77 Å². The lowest BCUT2D eigenvalue weighted by Crippen LogP contribution is -2.28. The topological polar surface area (TPSA) is 85.3 Å². The minimum absolute atomic E-state index is 0.215. The third-order valence-corrected chi connectivity index (χ3v) is 6.35. The highest BCUT2D eigenvalue weighted by Crippen LogP contribution is 2.29. The first kappa shape index (κ1) is 16.2. The fourth-order valence-corrected chi connectivity index (χ4v) is 5.35. The molecule has 2 rings (SSSR count). The Hall–Kier alpha value is -1.15. The van der Waals surface area contributed by atoms with Crippen LogP contribution in [0.25, 0.3) is 0 Å². The van der Waals surface area contributed by atoms with Gasteiger partial charge in [0.05, 0.1) is 0 Å². The Bertz CT molecular complexity index is 744. The second kappa shape index (κ2) is 5.92. The molecule has 0 radical (unpaired) electrons. The molecule has 1 unspecified atom stereocenters. The molecule has 116 valence electrons. The molecule has 2 heterocycles. The van der Waals surface area contributed by atoms with Crippen molar-refractivity contribution in [2.45, 2.75) is 45.2 Å². The van der Waals surface area contributed by atoms with Gasteiger partial charge in [0.1, 0.15) is 16.4 Å². The van der Waals surface area contributed by atoms with Gasteiger partial charge in [0.15, 0.2) is 0 Å². The van der Waals surface area contributed by atoms with Crippen LogP contribution in [0.5, 0.6) is 0 Å². The fourth-order valence-electron chi connectivity index (χ4n) is 2.42. The van der Waals surface area contributed by atoms with Crippen LogP contribution in [-0.2, 0) is 16.6 Å². The van der Waals surface area contributed by atoms with Crippen molar-refractivity contribution < 1.29 is 12.8 Å². The summed E-state index contributed by atoms with van der Waals surface area (Å²) in [4.78, 5) is 0.979. The summed E-state index contributed by atoms with van der Waals surface area (Å²) in [5.74, 6) is 1.49. The Morgan fingerprint density at radius 1 is 1.38 bits per heavy atom. The Morgan fingerprint density at radius 3 is 2.57 bits per heavy atom. The molecule has 0 spiro atoms. The first-order valence-corrected chi connectivity index (χ1v) is 8.99. The SMILES string of the molecule is Cc1cc(C(C)NS(=O)(=O)c2c(C)csc2CN)c(C)o1. The Morgan fingerprint density at radius 2 is 2.05 bits per heavy atom. The Kier molecular flexibility index (Phi) is 4.57. The summed E-state index contributed by atoms with van der Waals surface area (Å²) in [6.07, 6.45) is 0. The highest BCUT2D eigenvalue weighted by molar-refractivity contribution is 7.89. The van der Waals surface area contributed by atoms with Crippen LogP contribution in [0.2, 0.25) is 0 Å². The van der Waals surface area contributed by atoms with Crippen LogP contribution < -0.4 is 10.5 Å². The van der Waals surface area contributed by atoms with Crippen molar-refractivity contribution in [2.75, 3.05) is 0 Å². The molecule has 0 aliphatic heterocycles. The average molecular weight is 328 g/mol. The van der Waals surface area contributed by atoms with E-state index in [4.69, 9.17) is 10.2 Å². The highest BCUT2D eigenvalue weighted by atomic mass is 32.2. The molecule has 3 N–H and O–H groups in total. The zero-order valence-electron chi connectivity index (χ0n) is 12.6. The molecule has 0 saturated carbocycles. The molecule has 1 atom stereocenters. The van der Waals surface area contributed by atoms with Crippen molar-refractivity contribution in [3.63, 3.8) is 0 Å². The van der Waals surface area contributed by atoms with Crippen molar-refractivity contribution in [3.05, 3.63) is 39.0 Å². The van der Waals surface area contributed by atoms with E-state index < -0.39 is 10.0 Å². The zero-order chi connectivity index (χ0) is 15.8. The quantitative estimate of drug-likeness (QED) is 0.884. The third-order valence-electron chi connectivity index (χ3n) is 3.32. The van der Waals surface area contributed by atoms with Crippen molar-refractivity contribution in [1.82, 2.24) is 4.72 Å². The van der Waals surface area contributed by atoms with Crippen LogP contribution in [-0.4, -0.2) is 8.42 Å². The van der Waals surface area contributed by atoms with Gasteiger partial charge in [0.25, 0.3) is 0 Å². The first-order valence-electron chi connectivity index (χ1n) is 6.62. The largest absolute Gasteiger partial charge is 0.466 e. The Balaban J connectivity index is 2.33. The van der Waals surface area contributed by atoms with Crippen LogP contribution >= 0.6 is 11.3 Å². The average Bonchev–Trinajstić information content (AvgIpc) is 2.91. The summed E-state index contributed by atoms with van der Waals surface area (Å²) in [6.45, 7) is 7.47. The lowest BCUT2D eigenvalue weighted by atomic mass is 10.1. The number of hydrogen-bond acceptors (Lipinski definition) is 5. The number of thiophene rings is 1. The van der Waals surface area contributed by atoms with E-state index in [0.717, 1.165) is 22.6 Å². The maximum absolute atomic E-state index is 12.6. The standard InChI is InChI=1S/C14H20N2O3S2/c1-8-7-20-13(6-15)14(8)21(17,18)16-10(3)12-5-9(2)19-11(12)4/h5,7,10,16H,6,15H2,1-4H3. The molecule has 0 saturated heterocycles. The molecule has 0 aliphatic rings. The lowest BCUT2D eigenvalue weighted by Gasteiger charge is -2.14. The van der Waals surface area contributed by atoms with Crippen molar-refractivity contribution in [1.29, 1.82) is 0 Å². The minimum Gasteiger partial charge on any atom is -0.466 e. The van der Waals surface area contributed by atoms with Gasteiger partial charge in [0, 0.05) is 23.0 Å². The van der Waals surface area contributed by atoms with E-state index >= 15 is 0 Å². The summed E-state index contributed by atoms with van der Waals surface area (Å²) in [6, 6.07) is 1.49. The first-order chi connectivity index (χ1) is 9.76. The number of furan rings is 1. The zero-order valence-corrected chi connectivity index (χ0v) is 14.2. The van der Waals surface area contributed by atoms with E-state index in [-0.39, 0.29) is 12.6 Å². The second-order valence-corrected chi connectivity index (χ2v) is 7.70. The van der Waals surface area contributed by atoms with Gasteiger partial charge in [-0.05, 0) is 44.7 Å². The van der Waals surface area contributed by atoms with Crippen LogP contribution in [0.15, 0.2) is 20.8 Å². The van der Waals surface area contributed by atoms with E-state index in [9.17, 15) is 8.42 Å². The number of rotatable bonds is 5. The predicted octanol–water partition coefficient (Wildman–Crippen LogP) is 2.76. The molecule has 0 fully saturated rings. The maximum atomic E-state index is 12.6. The minimum atomic E-state index is -3.61. The van der Waals surface area contributed by atoms with Gasteiger partial charge in [-0.15, -0.1) is 11.3 Å². The van der Waals surface area contributed by atoms with Gasteiger partial charge < -0.3 is 10.2 Å². The number of hydrogen-bond donors (Lipinski definition) is 2. The van der Waals surface area contributed by atoms with Crippen molar-refractivity contribution >= 4 is 21.4 Å². The van der Waals surface area contributed by atoms with Gasteiger partial charge in [-0.2, -0.15) is 0 Å². The summed E-state index contributed by atoms with van der Waals surface area (Å²) < 4.78 is 33.4. The summed E-state index contributed by atoms with van der Waals surface area (Å²) in [5, 5.41) is 1.81. The van der Waals surface area contributed by atoms with Gasteiger partial charge in [-0.25, -0.2) is 13.1 Å². The van der Waals surface area contributed by atoms with Gasteiger partial charge in [-0.3, -0.25) is 0 Å². The number of nitrogens with two attached hydrogens (primary N) is 1. The molecule has 0 bridgehead atoms. The van der Waals surface area contributed by atoms with Crippen LogP contribution in [0.4, 0.5) is 0 Å². The molecule has 0 aromatic carbocycles. The molecule has 21 heavy (non-hydrogen) atoms. The van der Waals surface area contributed by atoms with Crippen LogP contribution in [0, 0.1) is 20.8 Å². The van der Waals surface area contributed by atoms with E-state index in [2.05, 4.69) is 4.72 Å². The van der Waals surface area contributed by atoms with Gasteiger partial charge in [0.2, 0.25) is 10.0 Å². The normalized spacial score (nSPS) is 13.6. The summed E-state index contributed by atoms with van der Waals surface area (Å²) in [5.41, 5.74) is 7.20. The smallest absolute Gasteiger partial charge is 0.242 e. The predicted molar refractivity (Wildman–Crippen MR) is 83.9 cm³/mol. The van der Waals surface area contributed by atoms with E-state index in [1.54, 1.807) is 13.8 Å². The molecule has 5 nitrogen and oxygen atoms in total. The van der Waals surface area contributed by atoms with Crippen molar-refractivity contribution in [2.24, 2.45) is 5.73 Å². The summed E-state index contributed by atoms with van der Waals surface area (Å²) >= 11 is 1.37. The second-order valence-electron chi connectivity index (χ2n) is 5.09. The fraction of sp³-hybridized carbons (Fsp3) is 0.429. The molecule has 0 aliphatic carbocycles. The molecule has 2 aromatic heterocycles. The van der Waals surface area contributed by atoms with Crippen LogP contribution in [0.3, 0.4) is 0 Å². The molecular weight excluding hydrogens is 308 g/mol. The Labute approximate surface area is 129 Å². The molecule has 0 amide bonds. The number of nitrogens with one attached hydrogen (secondary N) is 1. The van der Waals surface area contributed by atoms with Crippen LogP contribution in [0.1, 0.15) is 40.5 Å². The molecule has 2 aromatic rings. The van der Waals surface area contributed by atoms with Crippen molar-refractivity contribution in [3.8, 4) is 0 Å². The maximum Gasteiger partial charge on any atom is 0.242 e. The number of sulfonamides is 1. The van der Waals surface area contributed by atoms with Gasteiger partial charge >= 0.3 is 0 Å². The molecule has 7 heteroatoms. The van der Waals surface area contributed by atoms with E-state index in [1.807, 2.05) is 25.3 Å². The highest BCUT2D eigenvalue weighted by Gasteiger charge is 2.26. The van der Waals surface area contributed by atoms with Gasteiger partial charge in [-0.1, -0.05) is 0 Å². The molecular formula is C14H20N2O3S2. The van der Waals surface area contributed by atoms with E-state index in [1.165, 1.54) is 11.3 Å². The summed E-state index contributed by atoms with van der Waals surface area (Å²) in [7, 11) is -3.61.